The Morgan fingerprint density at radius 2 is 1.05 bits per heavy atom. The first-order valence-corrected chi connectivity index (χ1v) is 13.8. The van der Waals surface area contributed by atoms with Crippen LogP contribution in [0.3, 0.4) is 0 Å². The zero-order valence-electron chi connectivity index (χ0n) is 22.9. The number of rotatable bonds is 8. The molecular weight excluding hydrogens is 488 g/mol. The van der Waals surface area contributed by atoms with E-state index < -0.39 is 18.0 Å². The summed E-state index contributed by atoms with van der Waals surface area (Å²) in [5, 5.41) is 10.2. The lowest BCUT2D eigenvalue weighted by atomic mass is 9.93. The molecule has 0 radical (unpaired) electrons. The van der Waals surface area contributed by atoms with Gasteiger partial charge in [0.2, 0.25) is 5.79 Å². The standard InChI is InChI=1S/C33H36N2O4/c1-5-21(3)34-31(36)29-30(32(37)35-22(4)6-2)39-33(38-29,27-17-15-23-11-7-9-13-25(23)19-27)28-18-16-24-12-8-10-14-26(24)20-28/h7-22,29-30H,5-6H2,1-4H3,(H,34,36)(H,35,37)/t21-,22-,29+,30+/m0/s1. The Bertz CT molecular complexity index is 1390. The van der Waals surface area contributed by atoms with Gasteiger partial charge >= 0.3 is 0 Å². The fraction of sp³-hybridized carbons (Fsp3) is 0.333. The van der Waals surface area contributed by atoms with Gasteiger partial charge in [0.05, 0.1) is 0 Å². The van der Waals surface area contributed by atoms with E-state index in [1.54, 1.807) is 0 Å². The van der Waals surface area contributed by atoms with Crippen LogP contribution >= 0.6 is 0 Å². The number of ether oxygens (including phenoxy) is 2. The number of carbonyl (C=O) groups is 2. The molecule has 4 aromatic carbocycles. The zero-order valence-corrected chi connectivity index (χ0v) is 22.9. The summed E-state index contributed by atoms with van der Waals surface area (Å²) in [5.74, 6) is -2.20. The van der Waals surface area contributed by atoms with E-state index in [1.165, 1.54) is 0 Å². The number of hydrogen-bond acceptors (Lipinski definition) is 4. The Kier molecular flexibility index (Phi) is 7.69. The molecule has 2 amide bonds. The Hall–Kier alpha value is -3.74. The summed E-state index contributed by atoms with van der Waals surface area (Å²) in [6, 6.07) is 27.9. The first-order chi connectivity index (χ1) is 18.8. The van der Waals surface area contributed by atoms with Crippen molar-refractivity contribution in [3.05, 3.63) is 96.1 Å². The molecule has 4 atom stereocenters. The van der Waals surface area contributed by atoms with E-state index >= 15 is 0 Å². The van der Waals surface area contributed by atoms with Gasteiger partial charge in [0.25, 0.3) is 11.8 Å². The lowest BCUT2D eigenvalue weighted by Crippen LogP contribution is -2.50. The van der Waals surface area contributed by atoms with E-state index in [9.17, 15) is 9.59 Å². The van der Waals surface area contributed by atoms with E-state index in [0.29, 0.717) is 0 Å². The predicted molar refractivity (Wildman–Crippen MR) is 154 cm³/mol. The molecule has 0 unspecified atom stereocenters. The van der Waals surface area contributed by atoms with Gasteiger partial charge in [0.15, 0.2) is 12.2 Å². The molecule has 0 aliphatic carbocycles. The quantitative estimate of drug-likeness (QED) is 0.305. The summed E-state index contributed by atoms with van der Waals surface area (Å²) in [6.45, 7) is 7.86. The Balaban J connectivity index is 1.67. The van der Waals surface area contributed by atoms with Crippen molar-refractivity contribution in [2.75, 3.05) is 0 Å². The molecule has 0 bridgehead atoms. The molecule has 39 heavy (non-hydrogen) atoms. The average molecular weight is 525 g/mol. The van der Waals surface area contributed by atoms with Crippen molar-refractivity contribution in [2.24, 2.45) is 0 Å². The Labute approximate surface area is 229 Å². The Morgan fingerprint density at radius 1 is 0.667 bits per heavy atom. The molecule has 1 saturated heterocycles. The maximum Gasteiger partial charge on any atom is 0.252 e. The first-order valence-electron chi connectivity index (χ1n) is 13.8. The summed E-state index contributed by atoms with van der Waals surface area (Å²) in [6.07, 6.45) is -0.769. The van der Waals surface area contributed by atoms with Crippen LogP contribution in [-0.4, -0.2) is 36.1 Å². The molecule has 0 spiro atoms. The minimum atomic E-state index is -1.47. The van der Waals surface area contributed by atoms with Gasteiger partial charge in [0.1, 0.15) is 0 Å². The predicted octanol–water partition coefficient (Wildman–Crippen LogP) is 5.81. The maximum atomic E-state index is 13.6. The molecule has 1 aliphatic heterocycles. The van der Waals surface area contributed by atoms with Gasteiger partial charge in [-0.1, -0.05) is 86.6 Å². The van der Waals surface area contributed by atoms with E-state index in [2.05, 4.69) is 10.6 Å². The summed E-state index contributed by atoms with van der Waals surface area (Å²) in [4.78, 5) is 27.1. The molecule has 1 aliphatic rings. The highest BCUT2D eigenvalue weighted by Gasteiger charge is 2.55. The van der Waals surface area contributed by atoms with Crippen molar-refractivity contribution in [2.45, 2.75) is 70.6 Å². The van der Waals surface area contributed by atoms with Gasteiger partial charge in [-0.05, 0) is 60.4 Å². The molecule has 1 fully saturated rings. The van der Waals surface area contributed by atoms with Crippen LogP contribution in [0.25, 0.3) is 21.5 Å². The molecule has 6 heteroatoms. The van der Waals surface area contributed by atoms with E-state index in [0.717, 1.165) is 45.5 Å². The van der Waals surface area contributed by atoms with Crippen LogP contribution in [0.4, 0.5) is 0 Å². The number of carbonyl (C=O) groups excluding carboxylic acids is 2. The number of amides is 2. The third-order valence-corrected chi connectivity index (χ3v) is 7.64. The molecule has 1 heterocycles. The van der Waals surface area contributed by atoms with Crippen molar-refractivity contribution >= 4 is 33.4 Å². The fourth-order valence-corrected chi connectivity index (χ4v) is 4.97. The van der Waals surface area contributed by atoms with Crippen molar-refractivity contribution in [1.29, 1.82) is 0 Å². The van der Waals surface area contributed by atoms with Crippen LogP contribution in [0.1, 0.15) is 51.7 Å². The summed E-state index contributed by atoms with van der Waals surface area (Å²) in [7, 11) is 0. The monoisotopic (exact) mass is 524 g/mol. The minimum Gasteiger partial charge on any atom is -0.351 e. The van der Waals surface area contributed by atoms with E-state index in [4.69, 9.17) is 9.47 Å². The van der Waals surface area contributed by atoms with Gasteiger partial charge in [0, 0.05) is 23.2 Å². The molecule has 4 aromatic rings. The highest BCUT2D eigenvalue weighted by molar-refractivity contribution is 5.92. The number of hydrogen-bond donors (Lipinski definition) is 2. The number of benzene rings is 4. The highest BCUT2D eigenvalue weighted by Crippen LogP contribution is 2.45. The lowest BCUT2D eigenvalue weighted by Gasteiger charge is -2.30. The largest absolute Gasteiger partial charge is 0.351 e. The third-order valence-electron chi connectivity index (χ3n) is 7.64. The normalized spacial score (nSPS) is 20.0. The van der Waals surface area contributed by atoms with Crippen LogP contribution in [0.2, 0.25) is 0 Å². The molecule has 6 nitrogen and oxygen atoms in total. The third kappa shape index (κ3) is 5.27. The topological polar surface area (TPSA) is 76.7 Å². The molecule has 5 rings (SSSR count). The van der Waals surface area contributed by atoms with Crippen LogP contribution < -0.4 is 10.6 Å². The Morgan fingerprint density at radius 3 is 1.44 bits per heavy atom. The van der Waals surface area contributed by atoms with Gasteiger partial charge in [-0.2, -0.15) is 0 Å². The fourth-order valence-electron chi connectivity index (χ4n) is 4.97. The van der Waals surface area contributed by atoms with E-state index in [1.807, 2.05) is 113 Å². The number of fused-ring (bicyclic) bond motifs is 2. The zero-order chi connectivity index (χ0) is 27.6. The van der Waals surface area contributed by atoms with Crippen molar-refractivity contribution in [3.63, 3.8) is 0 Å². The lowest BCUT2D eigenvalue weighted by molar-refractivity contribution is -0.162. The molecular formula is C33H36N2O4. The molecule has 0 aromatic heterocycles. The molecule has 2 N–H and O–H groups in total. The SMILES string of the molecule is CC[C@H](C)NC(=O)[C@@H]1OC(c2ccc3ccccc3c2)(c2ccc3ccccc3c2)O[C@H]1C(=O)N[C@@H](C)CC. The molecule has 202 valence electrons. The first kappa shape index (κ1) is 26.9. The second-order valence-electron chi connectivity index (χ2n) is 10.5. The maximum absolute atomic E-state index is 13.6. The second-order valence-corrected chi connectivity index (χ2v) is 10.5. The average Bonchev–Trinajstić information content (AvgIpc) is 3.39. The second kappa shape index (κ2) is 11.2. The summed E-state index contributed by atoms with van der Waals surface area (Å²) >= 11 is 0. The van der Waals surface area contributed by atoms with Crippen molar-refractivity contribution in [3.8, 4) is 0 Å². The highest BCUT2D eigenvalue weighted by atomic mass is 16.8. The smallest absolute Gasteiger partial charge is 0.252 e. The van der Waals surface area contributed by atoms with Crippen molar-refractivity contribution in [1.82, 2.24) is 10.6 Å². The van der Waals surface area contributed by atoms with Crippen LogP contribution in [-0.2, 0) is 24.8 Å². The van der Waals surface area contributed by atoms with Gasteiger partial charge < -0.3 is 20.1 Å². The van der Waals surface area contributed by atoms with Gasteiger partial charge in [-0.25, -0.2) is 0 Å². The molecule has 0 saturated carbocycles. The van der Waals surface area contributed by atoms with Crippen LogP contribution in [0.15, 0.2) is 84.9 Å². The summed E-state index contributed by atoms with van der Waals surface area (Å²) < 4.78 is 13.4. The summed E-state index contributed by atoms with van der Waals surface area (Å²) in [5.41, 5.74) is 1.44. The minimum absolute atomic E-state index is 0.0734. The van der Waals surface area contributed by atoms with Gasteiger partial charge in [-0.3, -0.25) is 9.59 Å². The number of nitrogens with one attached hydrogen (secondary N) is 2. The van der Waals surface area contributed by atoms with Crippen LogP contribution in [0.5, 0.6) is 0 Å². The van der Waals surface area contributed by atoms with Crippen LogP contribution in [0, 0.1) is 0 Å². The van der Waals surface area contributed by atoms with Crippen molar-refractivity contribution < 1.29 is 19.1 Å². The van der Waals surface area contributed by atoms with E-state index in [-0.39, 0.29) is 23.9 Å². The van der Waals surface area contributed by atoms with Gasteiger partial charge in [-0.15, -0.1) is 0 Å².